The highest BCUT2D eigenvalue weighted by Gasteiger charge is 2.09. The SMILES string of the molecule is CCS(=O)(=O)CCCOc1ccc2ccccc2c1CBr. The van der Waals surface area contributed by atoms with Crippen molar-refractivity contribution in [3.05, 3.63) is 42.0 Å². The van der Waals surface area contributed by atoms with E-state index in [4.69, 9.17) is 4.74 Å². The van der Waals surface area contributed by atoms with E-state index in [2.05, 4.69) is 28.1 Å². The molecule has 0 heterocycles. The molecule has 0 radical (unpaired) electrons. The van der Waals surface area contributed by atoms with Crippen LogP contribution in [0.5, 0.6) is 5.75 Å². The van der Waals surface area contributed by atoms with Crippen LogP contribution in [0, 0.1) is 0 Å². The smallest absolute Gasteiger partial charge is 0.150 e. The van der Waals surface area contributed by atoms with Gasteiger partial charge in [-0.2, -0.15) is 0 Å². The van der Waals surface area contributed by atoms with E-state index in [1.807, 2.05) is 24.3 Å². The van der Waals surface area contributed by atoms with E-state index in [1.54, 1.807) is 6.92 Å². The summed E-state index contributed by atoms with van der Waals surface area (Å²) in [5.41, 5.74) is 1.10. The minimum atomic E-state index is -2.91. The first-order valence-corrected chi connectivity index (χ1v) is 9.91. The van der Waals surface area contributed by atoms with Crippen molar-refractivity contribution in [1.82, 2.24) is 0 Å². The fraction of sp³-hybridized carbons (Fsp3) is 0.375. The topological polar surface area (TPSA) is 43.4 Å². The second-order valence-corrected chi connectivity index (χ2v) is 7.87. The van der Waals surface area contributed by atoms with Crippen molar-refractivity contribution in [2.24, 2.45) is 0 Å². The summed E-state index contributed by atoms with van der Waals surface area (Å²) in [5, 5.41) is 3.04. The summed E-state index contributed by atoms with van der Waals surface area (Å²) >= 11 is 3.51. The predicted octanol–water partition coefficient (Wildman–Crippen LogP) is 3.94. The lowest BCUT2D eigenvalue weighted by Crippen LogP contribution is -2.12. The molecule has 0 unspecified atom stereocenters. The van der Waals surface area contributed by atoms with Crippen molar-refractivity contribution in [1.29, 1.82) is 0 Å². The van der Waals surface area contributed by atoms with E-state index >= 15 is 0 Å². The molecular weight excluding hydrogens is 352 g/mol. The Balaban J connectivity index is 2.08. The first-order valence-electron chi connectivity index (χ1n) is 6.97. The molecule has 114 valence electrons. The van der Waals surface area contributed by atoms with Crippen LogP contribution in [0.1, 0.15) is 18.9 Å². The van der Waals surface area contributed by atoms with Gasteiger partial charge in [-0.1, -0.05) is 53.2 Å². The van der Waals surface area contributed by atoms with Crippen molar-refractivity contribution in [3.63, 3.8) is 0 Å². The van der Waals surface area contributed by atoms with Crippen molar-refractivity contribution in [3.8, 4) is 5.75 Å². The van der Waals surface area contributed by atoms with Crippen molar-refractivity contribution < 1.29 is 13.2 Å². The molecule has 2 aromatic rings. The maximum atomic E-state index is 11.4. The second-order valence-electron chi connectivity index (χ2n) is 4.84. The van der Waals surface area contributed by atoms with E-state index in [9.17, 15) is 8.42 Å². The summed E-state index contributed by atoms with van der Waals surface area (Å²) in [6, 6.07) is 12.1. The van der Waals surface area contributed by atoms with Crippen LogP contribution in [0.3, 0.4) is 0 Å². The Kier molecular flexibility index (Phi) is 5.65. The quantitative estimate of drug-likeness (QED) is 0.547. The van der Waals surface area contributed by atoms with E-state index in [0.29, 0.717) is 18.4 Å². The van der Waals surface area contributed by atoms with Crippen molar-refractivity contribution in [2.45, 2.75) is 18.7 Å². The molecule has 0 bridgehead atoms. The Morgan fingerprint density at radius 1 is 1.14 bits per heavy atom. The number of halogens is 1. The zero-order chi connectivity index (χ0) is 15.3. The molecule has 0 spiro atoms. The molecule has 21 heavy (non-hydrogen) atoms. The Morgan fingerprint density at radius 3 is 2.62 bits per heavy atom. The van der Waals surface area contributed by atoms with E-state index in [-0.39, 0.29) is 11.5 Å². The zero-order valence-corrected chi connectivity index (χ0v) is 14.4. The molecule has 0 aromatic heterocycles. The Morgan fingerprint density at radius 2 is 1.90 bits per heavy atom. The molecular formula is C16H19BrO3S. The van der Waals surface area contributed by atoms with Gasteiger partial charge in [0.25, 0.3) is 0 Å². The molecule has 0 saturated heterocycles. The van der Waals surface area contributed by atoms with Gasteiger partial charge in [0, 0.05) is 16.6 Å². The summed E-state index contributed by atoms with van der Waals surface area (Å²) < 4.78 is 28.7. The number of rotatable bonds is 7. The third kappa shape index (κ3) is 4.20. The van der Waals surface area contributed by atoms with Gasteiger partial charge in [0.2, 0.25) is 0 Å². The Bertz CT molecular complexity index is 711. The summed E-state index contributed by atoms with van der Waals surface area (Å²) in [4.78, 5) is 0. The number of hydrogen-bond acceptors (Lipinski definition) is 3. The number of fused-ring (bicyclic) bond motifs is 1. The van der Waals surface area contributed by atoms with Crippen LogP contribution in [0.2, 0.25) is 0 Å². The van der Waals surface area contributed by atoms with Gasteiger partial charge >= 0.3 is 0 Å². The van der Waals surface area contributed by atoms with Gasteiger partial charge in [-0.05, 0) is 23.3 Å². The number of sulfone groups is 1. The Labute approximate surface area is 134 Å². The van der Waals surface area contributed by atoms with Gasteiger partial charge in [-0.15, -0.1) is 0 Å². The minimum absolute atomic E-state index is 0.181. The normalized spacial score (nSPS) is 11.7. The highest BCUT2D eigenvalue weighted by molar-refractivity contribution is 9.08. The van der Waals surface area contributed by atoms with Crippen LogP contribution in [-0.4, -0.2) is 26.5 Å². The molecule has 0 aliphatic carbocycles. The van der Waals surface area contributed by atoms with E-state index in [0.717, 1.165) is 16.7 Å². The number of ether oxygens (including phenoxy) is 1. The number of benzene rings is 2. The van der Waals surface area contributed by atoms with Gasteiger partial charge in [-0.25, -0.2) is 8.42 Å². The van der Waals surface area contributed by atoms with Crippen LogP contribution in [-0.2, 0) is 15.2 Å². The molecule has 0 N–H and O–H groups in total. The average molecular weight is 371 g/mol. The van der Waals surface area contributed by atoms with Crippen molar-refractivity contribution in [2.75, 3.05) is 18.1 Å². The zero-order valence-electron chi connectivity index (χ0n) is 12.0. The monoisotopic (exact) mass is 370 g/mol. The summed E-state index contributed by atoms with van der Waals surface area (Å²) in [7, 11) is -2.91. The number of hydrogen-bond donors (Lipinski definition) is 0. The lowest BCUT2D eigenvalue weighted by molar-refractivity contribution is 0.316. The highest BCUT2D eigenvalue weighted by Crippen LogP contribution is 2.30. The lowest BCUT2D eigenvalue weighted by atomic mass is 10.0. The first-order chi connectivity index (χ1) is 10.1. The fourth-order valence-corrected chi connectivity index (χ4v) is 3.62. The molecule has 5 heteroatoms. The fourth-order valence-electron chi connectivity index (χ4n) is 2.19. The van der Waals surface area contributed by atoms with Gasteiger partial charge in [0.1, 0.15) is 15.6 Å². The lowest BCUT2D eigenvalue weighted by Gasteiger charge is -2.12. The standard InChI is InChI=1S/C16H19BrO3S/c1-2-21(18,19)11-5-10-20-16-9-8-13-6-3-4-7-14(13)15(16)12-17/h3-4,6-9H,2,5,10-12H2,1H3. The molecule has 0 fully saturated rings. The largest absolute Gasteiger partial charge is 0.493 e. The van der Waals surface area contributed by atoms with Crippen LogP contribution in [0.15, 0.2) is 36.4 Å². The summed E-state index contributed by atoms with van der Waals surface area (Å²) in [5.74, 6) is 1.19. The molecule has 0 saturated carbocycles. The maximum Gasteiger partial charge on any atom is 0.150 e. The van der Waals surface area contributed by atoms with Crippen LogP contribution in [0.25, 0.3) is 10.8 Å². The van der Waals surface area contributed by atoms with Gasteiger partial charge in [0.15, 0.2) is 0 Å². The van der Waals surface area contributed by atoms with Crippen LogP contribution >= 0.6 is 15.9 Å². The Hall–Kier alpha value is -1.07. The highest BCUT2D eigenvalue weighted by atomic mass is 79.9. The third-order valence-corrected chi connectivity index (χ3v) is 5.78. The minimum Gasteiger partial charge on any atom is -0.493 e. The average Bonchev–Trinajstić information content (AvgIpc) is 2.51. The van der Waals surface area contributed by atoms with Gasteiger partial charge in [-0.3, -0.25) is 0 Å². The second kappa shape index (κ2) is 7.27. The van der Waals surface area contributed by atoms with Crippen LogP contribution < -0.4 is 4.74 Å². The molecule has 0 aliphatic heterocycles. The molecule has 2 rings (SSSR count). The molecule has 0 atom stereocenters. The van der Waals surface area contributed by atoms with Gasteiger partial charge < -0.3 is 4.74 Å². The summed E-state index contributed by atoms with van der Waals surface area (Å²) in [6.45, 7) is 2.08. The van der Waals surface area contributed by atoms with E-state index < -0.39 is 9.84 Å². The summed E-state index contributed by atoms with van der Waals surface area (Å²) in [6.07, 6.45) is 0.519. The number of alkyl halides is 1. The predicted molar refractivity (Wildman–Crippen MR) is 91.0 cm³/mol. The van der Waals surface area contributed by atoms with Crippen molar-refractivity contribution >= 4 is 36.5 Å². The van der Waals surface area contributed by atoms with Gasteiger partial charge in [0.05, 0.1) is 12.4 Å². The molecule has 3 nitrogen and oxygen atoms in total. The van der Waals surface area contributed by atoms with Crippen LogP contribution in [0.4, 0.5) is 0 Å². The maximum absolute atomic E-state index is 11.4. The molecule has 2 aromatic carbocycles. The first kappa shape index (κ1) is 16.3. The molecule has 0 aliphatic rings. The third-order valence-electron chi connectivity index (χ3n) is 3.43. The van der Waals surface area contributed by atoms with E-state index in [1.165, 1.54) is 5.39 Å². The molecule has 0 amide bonds.